The van der Waals surface area contributed by atoms with Crippen molar-refractivity contribution in [3.05, 3.63) is 30.3 Å². The Balaban J connectivity index is 1.60. The minimum atomic E-state index is 0.0764. The number of rotatable bonds is 10. The summed E-state index contributed by atoms with van der Waals surface area (Å²) in [5.41, 5.74) is 1.23. The lowest BCUT2D eigenvalue weighted by Crippen LogP contribution is -2.47. The number of benzene rings is 1. The first-order valence-corrected chi connectivity index (χ1v) is 9.48. The number of nitrogens with one attached hydrogen (secondary N) is 1. The number of para-hydroxylation sites is 1. The number of hydrogen-bond donors (Lipinski definition) is 1. The maximum Gasteiger partial charge on any atom is 0.220 e. The van der Waals surface area contributed by atoms with Crippen LogP contribution in [-0.2, 0) is 9.53 Å². The van der Waals surface area contributed by atoms with Gasteiger partial charge in [0.15, 0.2) is 0 Å². The van der Waals surface area contributed by atoms with Crippen LogP contribution in [0.15, 0.2) is 30.3 Å². The number of amides is 1. The zero-order valence-electron chi connectivity index (χ0n) is 15.0. The number of anilines is 1. The molecule has 1 amide bonds. The third kappa shape index (κ3) is 6.91. The lowest BCUT2D eigenvalue weighted by molar-refractivity contribution is -0.121. The fourth-order valence-electron chi connectivity index (χ4n) is 3.10. The van der Waals surface area contributed by atoms with E-state index in [2.05, 4.69) is 41.4 Å². The van der Waals surface area contributed by atoms with Crippen LogP contribution >= 0.6 is 0 Å². The van der Waals surface area contributed by atoms with Crippen LogP contribution in [0.2, 0.25) is 0 Å². The first-order chi connectivity index (χ1) is 11.8. The monoisotopic (exact) mass is 332 g/mol. The van der Waals surface area contributed by atoms with Crippen LogP contribution in [0.25, 0.3) is 0 Å². The van der Waals surface area contributed by atoms with E-state index in [-0.39, 0.29) is 12.0 Å². The van der Waals surface area contributed by atoms with Crippen LogP contribution in [0, 0.1) is 0 Å². The predicted octanol–water partition coefficient (Wildman–Crippen LogP) is 3.76. The van der Waals surface area contributed by atoms with Gasteiger partial charge < -0.3 is 15.0 Å². The van der Waals surface area contributed by atoms with Crippen LogP contribution in [0.1, 0.15) is 51.9 Å². The average molecular weight is 332 g/mol. The van der Waals surface area contributed by atoms with Gasteiger partial charge in [-0.25, -0.2) is 0 Å². The van der Waals surface area contributed by atoms with Gasteiger partial charge in [-0.2, -0.15) is 0 Å². The van der Waals surface area contributed by atoms with Gasteiger partial charge in [-0.1, -0.05) is 57.2 Å². The zero-order chi connectivity index (χ0) is 17.0. The van der Waals surface area contributed by atoms with Crippen molar-refractivity contribution in [3.63, 3.8) is 0 Å². The summed E-state index contributed by atoms with van der Waals surface area (Å²) in [5.74, 6) is 0.158. The van der Waals surface area contributed by atoms with Gasteiger partial charge in [0.25, 0.3) is 0 Å². The predicted molar refractivity (Wildman–Crippen MR) is 99.4 cm³/mol. The second-order valence-electron chi connectivity index (χ2n) is 6.60. The number of hydrogen-bond acceptors (Lipinski definition) is 3. The second kappa shape index (κ2) is 11.1. The Morgan fingerprint density at radius 2 is 1.92 bits per heavy atom. The number of ether oxygens (including phenoxy) is 1. The lowest BCUT2D eigenvalue weighted by Gasteiger charge is -2.34. The number of nitrogens with zero attached hydrogens (tertiary/aromatic N) is 1. The fraction of sp³-hybridized carbons (Fsp3) is 0.650. The molecule has 0 saturated carbocycles. The molecule has 1 heterocycles. The maximum absolute atomic E-state index is 11.9. The molecule has 1 aliphatic heterocycles. The Hall–Kier alpha value is -1.55. The van der Waals surface area contributed by atoms with E-state index >= 15 is 0 Å². The van der Waals surface area contributed by atoms with Crippen LogP contribution in [0.4, 0.5) is 5.69 Å². The van der Waals surface area contributed by atoms with Crippen LogP contribution in [-0.4, -0.2) is 38.3 Å². The molecule has 1 N–H and O–H groups in total. The molecule has 1 aromatic carbocycles. The van der Waals surface area contributed by atoms with Crippen molar-refractivity contribution in [1.82, 2.24) is 5.32 Å². The van der Waals surface area contributed by atoms with Crippen molar-refractivity contribution in [2.24, 2.45) is 0 Å². The average Bonchev–Trinajstić information content (AvgIpc) is 2.64. The largest absolute Gasteiger partial charge is 0.373 e. The maximum atomic E-state index is 11.9. The minimum absolute atomic E-state index is 0.0764. The van der Waals surface area contributed by atoms with Gasteiger partial charge in [0.05, 0.1) is 12.7 Å². The molecule has 2 rings (SSSR count). The van der Waals surface area contributed by atoms with Gasteiger partial charge in [0.2, 0.25) is 5.91 Å². The van der Waals surface area contributed by atoms with E-state index in [4.69, 9.17) is 4.74 Å². The zero-order valence-corrected chi connectivity index (χ0v) is 15.0. The highest BCUT2D eigenvalue weighted by atomic mass is 16.5. The Bertz CT molecular complexity index is 464. The molecule has 24 heavy (non-hydrogen) atoms. The SMILES string of the molecule is CCCCCCCCC(=O)NCC1CN(c2ccccc2)CCO1. The van der Waals surface area contributed by atoms with Crippen molar-refractivity contribution in [3.8, 4) is 0 Å². The fourth-order valence-corrected chi connectivity index (χ4v) is 3.10. The molecule has 0 aliphatic carbocycles. The highest BCUT2D eigenvalue weighted by Crippen LogP contribution is 2.16. The number of carbonyl (C=O) groups is 1. The lowest BCUT2D eigenvalue weighted by atomic mass is 10.1. The Morgan fingerprint density at radius 1 is 1.17 bits per heavy atom. The molecule has 0 bridgehead atoms. The Kier molecular flexibility index (Phi) is 8.67. The molecule has 1 unspecified atom stereocenters. The van der Waals surface area contributed by atoms with E-state index in [0.717, 1.165) is 25.9 Å². The smallest absolute Gasteiger partial charge is 0.220 e. The van der Waals surface area contributed by atoms with Crippen molar-refractivity contribution >= 4 is 11.6 Å². The molecular weight excluding hydrogens is 300 g/mol. The quantitative estimate of drug-likeness (QED) is 0.663. The Labute approximate surface area is 146 Å². The summed E-state index contributed by atoms with van der Waals surface area (Å²) in [6.07, 6.45) is 7.99. The Morgan fingerprint density at radius 3 is 2.71 bits per heavy atom. The van der Waals surface area contributed by atoms with E-state index in [0.29, 0.717) is 19.6 Å². The summed E-state index contributed by atoms with van der Waals surface area (Å²) in [7, 11) is 0. The van der Waals surface area contributed by atoms with E-state index in [9.17, 15) is 4.79 Å². The van der Waals surface area contributed by atoms with Gasteiger partial charge in [0.1, 0.15) is 0 Å². The molecule has 1 saturated heterocycles. The molecule has 1 fully saturated rings. The molecule has 1 aromatic rings. The summed E-state index contributed by atoms with van der Waals surface area (Å²) in [4.78, 5) is 14.3. The number of morpholine rings is 1. The molecule has 1 atom stereocenters. The molecule has 4 nitrogen and oxygen atoms in total. The normalized spacial score (nSPS) is 17.7. The molecule has 0 spiro atoms. The summed E-state index contributed by atoms with van der Waals surface area (Å²) < 4.78 is 5.79. The number of carbonyl (C=O) groups excluding carboxylic acids is 1. The summed E-state index contributed by atoms with van der Waals surface area (Å²) in [6.45, 7) is 5.29. The van der Waals surface area contributed by atoms with Crippen LogP contribution in [0.5, 0.6) is 0 Å². The molecular formula is C20H32N2O2. The first kappa shape index (κ1) is 18.8. The third-order valence-corrected chi connectivity index (χ3v) is 4.54. The molecule has 0 radical (unpaired) electrons. The van der Waals surface area contributed by atoms with Crippen molar-refractivity contribution in [2.75, 3.05) is 31.1 Å². The first-order valence-electron chi connectivity index (χ1n) is 9.48. The molecule has 1 aliphatic rings. The van der Waals surface area contributed by atoms with E-state index in [1.807, 2.05) is 6.07 Å². The van der Waals surface area contributed by atoms with Gasteiger partial charge in [-0.15, -0.1) is 0 Å². The van der Waals surface area contributed by atoms with E-state index in [1.54, 1.807) is 0 Å². The van der Waals surface area contributed by atoms with Crippen molar-refractivity contribution < 1.29 is 9.53 Å². The van der Waals surface area contributed by atoms with Gasteiger partial charge in [-0.3, -0.25) is 4.79 Å². The van der Waals surface area contributed by atoms with Crippen LogP contribution < -0.4 is 10.2 Å². The van der Waals surface area contributed by atoms with Gasteiger partial charge in [-0.05, 0) is 18.6 Å². The molecule has 4 heteroatoms. The summed E-state index contributed by atoms with van der Waals surface area (Å²) in [5, 5.41) is 3.04. The molecule has 134 valence electrons. The number of unbranched alkanes of at least 4 members (excludes halogenated alkanes) is 5. The highest BCUT2D eigenvalue weighted by Gasteiger charge is 2.21. The highest BCUT2D eigenvalue weighted by molar-refractivity contribution is 5.75. The summed E-state index contributed by atoms with van der Waals surface area (Å²) in [6, 6.07) is 10.4. The van der Waals surface area contributed by atoms with Crippen molar-refractivity contribution in [1.29, 1.82) is 0 Å². The topological polar surface area (TPSA) is 41.6 Å². The minimum Gasteiger partial charge on any atom is -0.373 e. The standard InChI is InChI=1S/C20H32N2O2/c1-2-3-4-5-6-10-13-20(23)21-16-19-17-22(14-15-24-19)18-11-8-7-9-12-18/h7-9,11-12,19H,2-6,10,13-17H2,1H3,(H,21,23). The van der Waals surface area contributed by atoms with Gasteiger partial charge >= 0.3 is 0 Å². The van der Waals surface area contributed by atoms with E-state index in [1.165, 1.54) is 31.4 Å². The van der Waals surface area contributed by atoms with E-state index < -0.39 is 0 Å². The molecule has 0 aromatic heterocycles. The van der Waals surface area contributed by atoms with Gasteiger partial charge in [0, 0.05) is 31.7 Å². The second-order valence-corrected chi connectivity index (χ2v) is 6.60. The van der Waals surface area contributed by atoms with Crippen LogP contribution in [0.3, 0.4) is 0 Å². The summed E-state index contributed by atoms with van der Waals surface area (Å²) >= 11 is 0. The van der Waals surface area contributed by atoms with Crippen molar-refractivity contribution in [2.45, 2.75) is 58.0 Å². The third-order valence-electron chi connectivity index (χ3n) is 4.54.